The van der Waals surface area contributed by atoms with Crippen molar-refractivity contribution in [3.63, 3.8) is 0 Å². The summed E-state index contributed by atoms with van der Waals surface area (Å²) in [6, 6.07) is 0. The molecule has 0 aliphatic rings. The lowest BCUT2D eigenvalue weighted by molar-refractivity contribution is -0.671. The third kappa shape index (κ3) is 16.1. The zero-order valence-corrected chi connectivity index (χ0v) is 23.6. The van der Waals surface area contributed by atoms with Gasteiger partial charge in [0.05, 0.1) is 27.2 Å². The summed E-state index contributed by atoms with van der Waals surface area (Å²) in [5.41, 5.74) is 0. The van der Waals surface area contributed by atoms with E-state index in [9.17, 15) is 9.59 Å². The Morgan fingerprint density at radius 3 is 1.19 bits per heavy atom. The largest absolute Gasteiger partial charge is 0.393 e. The molecule has 0 saturated heterocycles. The van der Waals surface area contributed by atoms with Crippen LogP contribution in [0.4, 0.5) is 0 Å². The molecule has 0 aliphatic carbocycles. The van der Waals surface area contributed by atoms with E-state index < -0.39 is 0 Å². The van der Waals surface area contributed by atoms with Crippen LogP contribution in [0, 0.1) is 0 Å². The monoisotopic (exact) mass is 516 g/mol. The molecule has 0 bridgehead atoms. The van der Waals surface area contributed by atoms with Crippen molar-refractivity contribution in [1.82, 2.24) is 9.13 Å². The highest BCUT2D eigenvalue weighted by molar-refractivity contribution is 5.85. The molecule has 7 heteroatoms. The predicted octanol–water partition coefficient (Wildman–Crippen LogP) is 5.73. The van der Waals surface area contributed by atoms with Crippen LogP contribution in [0.1, 0.15) is 116 Å². The van der Waals surface area contributed by atoms with Crippen molar-refractivity contribution < 1.29 is 23.5 Å². The number of hydrogen-bond donors (Lipinski definition) is 0. The Kier molecular flexibility index (Phi) is 16.3. The van der Waals surface area contributed by atoms with Crippen LogP contribution in [0.15, 0.2) is 37.4 Å². The standard InChI is InChI=1S/C30H52N4O3/c1-31-23-25-33(27-31)21-17-13-9-5-3-7-11-15-19-29(35)37-30(36)20-16-12-8-4-6-10-14-18-22-34-26-24-32(2)28-34/h23-28H,3-22H2,1-2H3/q+2. The van der Waals surface area contributed by atoms with Crippen LogP contribution in [0.25, 0.3) is 0 Å². The number of carbonyl (C=O) groups excluding carboxylic acids is 2. The Labute approximate surface area is 224 Å². The fraction of sp³-hybridized carbons (Fsp3) is 0.733. The average molecular weight is 517 g/mol. The van der Waals surface area contributed by atoms with Crippen LogP contribution < -0.4 is 9.13 Å². The van der Waals surface area contributed by atoms with Gasteiger partial charge in [-0.25, -0.2) is 18.3 Å². The fourth-order valence-electron chi connectivity index (χ4n) is 4.75. The second-order valence-electron chi connectivity index (χ2n) is 10.6. The van der Waals surface area contributed by atoms with E-state index >= 15 is 0 Å². The number of carbonyl (C=O) groups is 2. The Bertz CT molecular complexity index is 804. The van der Waals surface area contributed by atoms with Gasteiger partial charge in [-0.15, -0.1) is 0 Å². The number of ether oxygens (including phenoxy) is 1. The first-order chi connectivity index (χ1) is 18.0. The highest BCUT2D eigenvalue weighted by Crippen LogP contribution is 2.12. The zero-order valence-electron chi connectivity index (χ0n) is 23.6. The SMILES string of the molecule is C[n+]1ccn(CCCCCCCCCCC(=O)OC(=O)CCCCCCCCCCn2cc[n+](C)c2)c1. The third-order valence-corrected chi connectivity index (χ3v) is 6.97. The Morgan fingerprint density at radius 1 is 0.541 bits per heavy atom. The number of esters is 2. The first kappa shape index (κ1) is 30.8. The number of aromatic nitrogens is 4. The molecule has 0 atom stereocenters. The Hall–Kier alpha value is -2.44. The third-order valence-electron chi connectivity index (χ3n) is 6.97. The molecule has 0 N–H and O–H groups in total. The summed E-state index contributed by atoms with van der Waals surface area (Å²) in [4.78, 5) is 23.8. The van der Waals surface area contributed by atoms with E-state index in [0.717, 1.165) is 51.6 Å². The first-order valence-electron chi connectivity index (χ1n) is 14.8. The molecule has 0 fully saturated rings. The van der Waals surface area contributed by atoms with Gasteiger partial charge in [-0.3, -0.25) is 9.59 Å². The van der Waals surface area contributed by atoms with Crippen molar-refractivity contribution >= 4 is 11.9 Å². The van der Waals surface area contributed by atoms with E-state index in [0.29, 0.717) is 12.8 Å². The van der Waals surface area contributed by atoms with Crippen molar-refractivity contribution in [3.05, 3.63) is 37.4 Å². The summed E-state index contributed by atoms with van der Waals surface area (Å²) in [6.07, 6.45) is 31.9. The first-order valence-corrected chi connectivity index (χ1v) is 14.8. The van der Waals surface area contributed by atoms with Crippen molar-refractivity contribution in [2.45, 2.75) is 129 Å². The zero-order chi connectivity index (χ0) is 26.6. The van der Waals surface area contributed by atoms with Gasteiger partial charge in [-0.1, -0.05) is 64.2 Å². The van der Waals surface area contributed by atoms with Gasteiger partial charge >= 0.3 is 11.9 Å². The Balaban J connectivity index is 1.28. The highest BCUT2D eigenvalue weighted by Gasteiger charge is 2.10. The number of hydrogen-bond acceptors (Lipinski definition) is 3. The number of imidazole rings is 2. The molecule has 0 radical (unpaired) electrons. The lowest BCUT2D eigenvalue weighted by Crippen LogP contribution is -2.23. The van der Waals surface area contributed by atoms with Gasteiger partial charge in [0.1, 0.15) is 24.8 Å². The lowest BCUT2D eigenvalue weighted by Gasteiger charge is -2.04. The molecule has 0 aliphatic heterocycles. The molecule has 2 rings (SSSR count). The van der Waals surface area contributed by atoms with Gasteiger partial charge in [0, 0.05) is 12.8 Å². The van der Waals surface area contributed by atoms with Crippen LogP contribution in [0.3, 0.4) is 0 Å². The molecule has 2 aromatic rings. The molecule has 0 amide bonds. The number of unbranched alkanes of at least 4 members (excludes halogenated alkanes) is 14. The van der Waals surface area contributed by atoms with Gasteiger partial charge in [0.25, 0.3) is 0 Å². The topological polar surface area (TPSA) is 61.0 Å². The molecular formula is C30H52N4O3+2. The van der Waals surface area contributed by atoms with Crippen molar-refractivity contribution in [3.8, 4) is 0 Å². The number of nitrogens with zero attached hydrogens (tertiary/aromatic N) is 4. The second kappa shape index (κ2) is 19.6. The van der Waals surface area contributed by atoms with Crippen molar-refractivity contribution in [1.29, 1.82) is 0 Å². The minimum Gasteiger partial charge on any atom is -0.393 e. The molecule has 0 aromatic carbocycles. The summed E-state index contributed by atoms with van der Waals surface area (Å²) in [7, 11) is 4.10. The summed E-state index contributed by atoms with van der Waals surface area (Å²) in [5.74, 6) is -0.700. The van der Waals surface area contributed by atoms with E-state index in [1.54, 1.807) is 0 Å². The van der Waals surface area contributed by atoms with Gasteiger partial charge in [0.2, 0.25) is 12.7 Å². The molecule has 2 heterocycles. The predicted molar refractivity (Wildman–Crippen MR) is 145 cm³/mol. The smallest absolute Gasteiger partial charge is 0.313 e. The highest BCUT2D eigenvalue weighted by atomic mass is 16.6. The Morgan fingerprint density at radius 2 is 0.865 bits per heavy atom. The van der Waals surface area contributed by atoms with Crippen LogP contribution >= 0.6 is 0 Å². The number of aryl methyl sites for hydroxylation is 4. The maximum atomic E-state index is 11.9. The summed E-state index contributed by atoms with van der Waals surface area (Å²) >= 11 is 0. The van der Waals surface area contributed by atoms with E-state index in [4.69, 9.17) is 4.74 Å². The molecule has 7 nitrogen and oxygen atoms in total. The minimum atomic E-state index is -0.350. The van der Waals surface area contributed by atoms with Crippen LogP contribution in [-0.2, 0) is 41.5 Å². The number of rotatable bonds is 22. The van der Waals surface area contributed by atoms with Gasteiger partial charge < -0.3 is 4.74 Å². The van der Waals surface area contributed by atoms with Gasteiger partial charge in [-0.2, -0.15) is 0 Å². The maximum absolute atomic E-state index is 11.9. The summed E-state index contributed by atoms with van der Waals surface area (Å²) in [6.45, 7) is 2.19. The second-order valence-corrected chi connectivity index (χ2v) is 10.6. The van der Waals surface area contributed by atoms with Crippen molar-refractivity contribution in [2.24, 2.45) is 14.1 Å². The van der Waals surface area contributed by atoms with Gasteiger partial charge in [-0.05, 0) is 38.5 Å². The molecule has 0 spiro atoms. The van der Waals surface area contributed by atoms with Crippen molar-refractivity contribution in [2.75, 3.05) is 0 Å². The lowest BCUT2D eigenvalue weighted by atomic mass is 10.1. The normalized spacial score (nSPS) is 11.2. The van der Waals surface area contributed by atoms with E-state index in [1.807, 2.05) is 14.1 Å². The van der Waals surface area contributed by atoms with Crippen LogP contribution in [0.2, 0.25) is 0 Å². The fourth-order valence-corrected chi connectivity index (χ4v) is 4.75. The molecule has 37 heavy (non-hydrogen) atoms. The molecule has 2 aromatic heterocycles. The molecule has 0 unspecified atom stereocenters. The average Bonchev–Trinajstić information content (AvgIpc) is 3.48. The van der Waals surface area contributed by atoms with E-state index in [2.05, 4.69) is 55.7 Å². The minimum absolute atomic E-state index is 0.350. The molecule has 0 saturated carbocycles. The van der Waals surface area contributed by atoms with Crippen LogP contribution in [-0.4, -0.2) is 21.1 Å². The molecule has 208 valence electrons. The quantitative estimate of drug-likeness (QED) is 0.0869. The van der Waals surface area contributed by atoms with Gasteiger partial charge in [0.15, 0.2) is 0 Å². The van der Waals surface area contributed by atoms with E-state index in [1.165, 1.54) is 64.2 Å². The van der Waals surface area contributed by atoms with E-state index in [-0.39, 0.29) is 11.9 Å². The molecular weight excluding hydrogens is 464 g/mol. The summed E-state index contributed by atoms with van der Waals surface area (Å²) < 4.78 is 13.6. The summed E-state index contributed by atoms with van der Waals surface area (Å²) in [5, 5.41) is 0. The van der Waals surface area contributed by atoms with Crippen LogP contribution in [0.5, 0.6) is 0 Å². The maximum Gasteiger partial charge on any atom is 0.313 e.